The van der Waals surface area contributed by atoms with Crippen LogP contribution in [0.4, 0.5) is 5.69 Å². The summed E-state index contributed by atoms with van der Waals surface area (Å²) in [6, 6.07) is 14.9. The van der Waals surface area contributed by atoms with Gasteiger partial charge in [-0.1, -0.05) is 30.3 Å². The van der Waals surface area contributed by atoms with Gasteiger partial charge in [0, 0.05) is 23.3 Å². The average molecular weight is 405 g/mol. The first-order valence-electron chi connectivity index (χ1n) is 9.24. The van der Waals surface area contributed by atoms with Crippen LogP contribution in [0.15, 0.2) is 77.6 Å². The molecule has 0 saturated heterocycles. The Morgan fingerprint density at radius 3 is 2.40 bits per heavy atom. The van der Waals surface area contributed by atoms with Crippen molar-refractivity contribution in [3.63, 3.8) is 0 Å². The number of benzene rings is 2. The number of carbonyl (C=O) groups excluding carboxylic acids is 2. The molecule has 2 aromatic carbocycles. The molecule has 0 unspecified atom stereocenters. The maximum atomic E-state index is 13.2. The third-order valence-corrected chi connectivity index (χ3v) is 4.35. The summed E-state index contributed by atoms with van der Waals surface area (Å²) in [7, 11) is 0. The molecule has 1 aliphatic rings. The Labute approximate surface area is 173 Å². The minimum atomic E-state index is -0.766. The molecule has 1 aliphatic heterocycles. The Morgan fingerprint density at radius 1 is 1.13 bits per heavy atom. The van der Waals surface area contributed by atoms with E-state index in [1.165, 1.54) is 31.2 Å². The summed E-state index contributed by atoms with van der Waals surface area (Å²) < 4.78 is 10.9. The standard InChI is InChI=1S/C23H19NO6/c1-3-29-23(26)21-15(2)30-20(17-7-5-4-6-8-17)14-18(22(21)25)13-16-9-11-19(12-10-16)24(27)28/h4-14H,3H2,1-2H3. The maximum absolute atomic E-state index is 13.2. The van der Waals surface area contributed by atoms with E-state index in [0.717, 1.165) is 5.56 Å². The van der Waals surface area contributed by atoms with Crippen molar-refractivity contribution in [2.24, 2.45) is 0 Å². The fraction of sp³-hybridized carbons (Fsp3) is 0.130. The van der Waals surface area contributed by atoms with Crippen LogP contribution in [-0.4, -0.2) is 23.3 Å². The largest absolute Gasteiger partial charge is 0.462 e. The van der Waals surface area contributed by atoms with Crippen molar-refractivity contribution in [1.82, 2.24) is 0 Å². The minimum Gasteiger partial charge on any atom is -0.462 e. The van der Waals surface area contributed by atoms with Crippen molar-refractivity contribution in [2.45, 2.75) is 13.8 Å². The molecular formula is C23H19NO6. The van der Waals surface area contributed by atoms with Crippen molar-refractivity contribution in [2.75, 3.05) is 6.61 Å². The van der Waals surface area contributed by atoms with E-state index in [4.69, 9.17) is 9.47 Å². The lowest BCUT2D eigenvalue weighted by Crippen LogP contribution is -2.18. The van der Waals surface area contributed by atoms with E-state index in [-0.39, 0.29) is 29.2 Å². The quantitative estimate of drug-likeness (QED) is 0.240. The van der Waals surface area contributed by atoms with Gasteiger partial charge < -0.3 is 9.47 Å². The highest BCUT2D eigenvalue weighted by Crippen LogP contribution is 2.30. The van der Waals surface area contributed by atoms with Gasteiger partial charge in [0.2, 0.25) is 5.78 Å². The summed E-state index contributed by atoms with van der Waals surface area (Å²) in [5.41, 5.74) is 1.24. The summed E-state index contributed by atoms with van der Waals surface area (Å²) >= 11 is 0. The summed E-state index contributed by atoms with van der Waals surface area (Å²) in [4.78, 5) is 36.0. The van der Waals surface area contributed by atoms with Gasteiger partial charge in [-0.15, -0.1) is 0 Å². The molecule has 0 fully saturated rings. The zero-order chi connectivity index (χ0) is 21.7. The second kappa shape index (κ2) is 9.00. The number of Topliss-reactive ketones (excluding diaryl/α,β-unsaturated/α-hetero) is 1. The Balaban J connectivity index is 2.12. The van der Waals surface area contributed by atoms with Crippen molar-refractivity contribution in [1.29, 1.82) is 0 Å². The SMILES string of the molecule is CCOC(=O)C1=C(C)OC(c2ccccc2)=CC(=Cc2ccc([N+](=O)[O-])cc2)C1=O. The average Bonchev–Trinajstić information content (AvgIpc) is 2.85. The molecule has 0 amide bonds. The van der Waals surface area contributed by atoms with Crippen LogP contribution < -0.4 is 0 Å². The number of rotatable bonds is 5. The van der Waals surface area contributed by atoms with Gasteiger partial charge in [-0.25, -0.2) is 4.79 Å². The lowest BCUT2D eigenvalue weighted by atomic mass is 9.99. The fourth-order valence-corrected chi connectivity index (χ4v) is 2.92. The smallest absolute Gasteiger partial charge is 0.345 e. The van der Waals surface area contributed by atoms with Gasteiger partial charge >= 0.3 is 5.97 Å². The molecule has 0 saturated carbocycles. The molecule has 3 rings (SSSR count). The highest BCUT2D eigenvalue weighted by Gasteiger charge is 2.29. The molecule has 0 atom stereocenters. The zero-order valence-corrected chi connectivity index (χ0v) is 16.5. The number of ketones is 1. The Morgan fingerprint density at radius 2 is 1.80 bits per heavy atom. The molecule has 0 aliphatic carbocycles. The number of non-ortho nitro benzene ring substituents is 1. The summed E-state index contributed by atoms with van der Waals surface area (Å²) in [6.07, 6.45) is 3.10. The molecule has 7 heteroatoms. The van der Waals surface area contributed by atoms with Crippen molar-refractivity contribution in [3.8, 4) is 0 Å². The molecule has 0 bridgehead atoms. The highest BCUT2D eigenvalue weighted by molar-refractivity contribution is 6.27. The lowest BCUT2D eigenvalue weighted by Gasteiger charge is -2.10. The summed E-state index contributed by atoms with van der Waals surface area (Å²) in [5.74, 6) is -0.776. The predicted octanol–water partition coefficient (Wildman–Crippen LogP) is 4.46. The molecule has 0 N–H and O–H groups in total. The van der Waals surface area contributed by atoms with Gasteiger partial charge in [0.25, 0.3) is 5.69 Å². The van der Waals surface area contributed by atoms with E-state index in [2.05, 4.69) is 0 Å². The van der Waals surface area contributed by atoms with E-state index in [1.54, 1.807) is 19.1 Å². The van der Waals surface area contributed by atoms with Gasteiger partial charge in [0.1, 0.15) is 17.1 Å². The van der Waals surface area contributed by atoms with Crippen molar-refractivity contribution in [3.05, 3.63) is 98.8 Å². The maximum Gasteiger partial charge on any atom is 0.345 e. The molecule has 152 valence electrons. The molecule has 7 nitrogen and oxygen atoms in total. The molecule has 30 heavy (non-hydrogen) atoms. The monoisotopic (exact) mass is 405 g/mol. The number of nitrogens with zero attached hydrogens (tertiary/aromatic N) is 1. The first-order valence-corrected chi connectivity index (χ1v) is 9.24. The molecule has 1 heterocycles. The number of allylic oxidation sites excluding steroid dienone is 3. The van der Waals surface area contributed by atoms with Gasteiger partial charge in [0.05, 0.1) is 11.5 Å². The van der Waals surface area contributed by atoms with E-state index >= 15 is 0 Å². The van der Waals surface area contributed by atoms with Crippen LogP contribution >= 0.6 is 0 Å². The molecule has 0 radical (unpaired) electrons. The third-order valence-electron chi connectivity index (χ3n) is 4.35. The van der Waals surface area contributed by atoms with Crippen molar-refractivity contribution < 1.29 is 24.0 Å². The van der Waals surface area contributed by atoms with E-state index in [1.807, 2.05) is 30.3 Å². The Hall–Kier alpha value is -4.00. The highest BCUT2D eigenvalue weighted by atomic mass is 16.6. The van der Waals surface area contributed by atoms with Crippen LogP contribution in [0.25, 0.3) is 11.8 Å². The van der Waals surface area contributed by atoms with Crippen LogP contribution in [0.5, 0.6) is 0 Å². The van der Waals surface area contributed by atoms with E-state index in [9.17, 15) is 19.7 Å². The summed E-state index contributed by atoms with van der Waals surface area (Å²) in [6.45, 7) is 3.30. The number of carbonyl (C=O) groups is 2. The number of hydrogen-bond acceptors (Lipinski definition) is 6. The summed E-state index contributed by atoms with van der Waals surface area (Å²) in [5, 5.41) is 10.9. The van der Waals surface area contributed by atoms with Crippen molar-refractivity contribution >= 4 is 29.3 Å². The zero-order valence-electron chi connectivity index (χ0n) is 16.5. The van der Waals surface area contributed by atoms with Gasteiger partial charge in [-0.05, 0) is 43.7 Å². The lowest BCUT2D eigenvalue weighted by molar-refractivity contribution is -0.384. The molecule has 0 spiro atoms. The first kappa shape index (κ1) is 20.7. The Bertz CT molecular complexity index is 1080. The number of nitro groups is 1. The van der Waals surface area contributed by atoms with Gasteiger partial charge in [-0.3, -0.25) is 14.9 Å². The first-order chi connectivity index (χ1) is 14.4. The van der Waals surface area contributed by atoms with E-state index < -0.39 is 16.7 Å². The van der Waals surface area contributed by atoms with Crippen LogP contribution in [0.1, 0.15) is 25.0 Å². The molecular weight excluding hydrogens is 386 g/mol. The number of ether oxygens (including phenoxy) is 2. The predicted molar refractivity (Wildman–Crippen MR) is 111 cm³/mol. The normalized spacial score (nSPS) is 15.3. The molecule has 0 aromatic heterocycles. The minimum absolute atomic E-state index is 0.0591. The van der Waals surface area contributed by atoms with Crippen LogP contribution in [0.3, 0.4) is 0 Å². The fourth-order valence-electron chi connectivity index (χ4n) is 2.92. The van der Waals surface area contributed by atoms with Crippen LogP contribution in [0.2, 0.25) is 0 Å². The van der Waals surface area contributed by atoms with Crippen LogP contribution in [0, 0.1) is 10.1 Å². The van der Waals surface area contributed by atoms with Crippen LogP contribution in [-0.2, 0) is 19.1 Å². The number of hydrogen-bond donors (Lipinski definition) is 0. The van der Waals surface area contributed by atoms with E-state index in [0.29, 0.717) is 11.3 Å². The molecule has 2 aromatic rings. The second-order valence-electron chi connectivity index (χ2n) is 6.41. The third kappa shape index (κ3) is 4.52. The number of nitro benzene ring substituents is 1. The topological polar surface area (TPSA) is 95.7 Å². The number of esters is 1. The van der Waals surface area contributed by atoms with Gasteiger partial charge in [0.15, 0.2) is 0 Å². The Kier molecular flexibility index (Phi) is 6.22. The second-order valence-corrected chi connectivity index (χ2v) is 6.41. The van der Waals surface area contributed by atoms with Gasteiger partial charge in [-0.2, -0.15) is 0 Å².